The van der Waals surface area contributed by atoms with Crippen LogP contribution in [-0.4, -0.2) is 35.1 Å². The summed E-state index contributed by atoms with van der Waals surface area (Å²) in [5.41, 5.74) is 0. The van der Waals surface area contributed by atoms with Crippen LogP contribution in [0.1, 0.15) is 39.5 Å². The van der Waals surface area contributed by atoms with E-state index < -0.39 is 12.0 Å². The van der Waals surface area contributed by atoms with Gasteiger partial charge in [-0.05, 0) is 38.0 Å². The van der Waals surface area contributed by atoms with Gasteiger partial charge in [0.15, 0.2) is 0 Å². The van der Waals surface area contributed by atoms with E-state index in [0.29, 0.717) is 12.0 Å². The number of nitrogens with one attached hydrogen (secondary N) is 2. The van der Waals surface area contributed by atoms with Gasteiger partial charge in [0.2, 0.25) is 11.8 Å². The van der Waals surface area contributed by atoms with Gasteiger partial charge in [0, 0.05) is 6.04 Å². The van der Waals surface area contributed by atoms with E-state index in [9.17, 15) is 14.7 Å². The second-order valence-electron chi connectivity index (χ2n) is 6.88. The van der Waals surface area contributed by atoms with Crippen molar-refractivity contribution in [3.05, 3.63) is 0 Å². The molecule has 0 spiro atoms. The van der Waals surface area contributed by atoms with Crippen molar-refractivity contribution in [3.63, 3.8) is 0 Å². The molecule has 3 aliphatic rings. The standard InChI is InChI=1S/C15H24N2O3/c1-7(13-12(8(2)18)15(20)17-13)14(19)16-11-6-9-3-4-10(11)5-9/h7-13,18H,3-6H2,1-2H3,(H,16,19)(H,17,20)/t7?,8?,9-,10+,11+,12-,13-/m1/s1. The van der Waals surface area contributed by atoms with Crippen LogP contribution in [0.4, 0.5) is 0 Å². The molecule has 2 saturated carbocycles. The first kappa shape index (κ1) is 13.9. The second-order valence-corrected chi connectivity index (χ2v) is 6.88. The number of hydrogen-bond acceptors (Lipinski definition) is 3. The maximum absolute atomic E-state index is 12.3. The summed E-state index contributed by atoms with van der Waals surface area (Å²) in [6, 6.07) is 0.0885. The summed E-state index contributed by atoms with van der Waals surface area (Å²) in [4.78, 5) is 23.8. The molecule has 1 heterocycles. The monoisotopic (exact) mass is 280 g/mol. The van der Waals surface area contributed by atoms with E-state index in [4.69, 9.17) is 0 Å². The van der Waals surface area contributed by atoms with E-state index >= 15 is 0 Å². The topological polar surface area (TPSA) is 78.4 Å². The third-order valence-electron chi connectivity index (χ3n) is 5.54. The molecule has 2 bridgehead atoms. The quantitative estimate of drug-likeness (QED) is 0.653. The smallest absolute Gasteiger partial charge is 0.228 e. The molecule has 5 nitrogen and oxygen atoms in total. The van der Waals surface area contributed by atoms with Crippen molar-refractivity contribution in [2.24, 2.45) is 23.7 Å². The normalized spacial score (nSPS) is 41.8. The van der Waals surface area contributed by atoms with E-state index in [0.717, 1.165) is 12.3 Å². The summed E-state index contributed by atoms with van der Waals surface area (Å²) in [7, 11) is 0. The van der Waals surface area contributed by atoms with Gasteiger partial charge < -0.3 is 15.7 Å². The van der Waals surface area contributed by atoms with Crippen LogP contribution in [0.15, 0.2) is 0 Å². The number of aliphatic hydroxyl groups excluding tert-OH is 1. The lowest BCUT2D eigenvalue weighted by Crippen LogP contribution is -2.66. The van der Waals surface area contributed by atoms with Crippen molar-refractivity contribution >= 4 is 11.8 Å². The molecule has 3 rings (SSSR count). The molecule has 112 valence electrons. The van der Waals surface area contributed by atoms with Gasteiger partial charge in [-0.25, -0.2) is 0 Å². The van der Waals surface area contributed by atoms with Crippen LogP contribution in [0, 0.1) is 23.7 Å². The molecule has 0 aromatic heterocycles. The van der Waals surface area contributed by atoms with Gasteiger partial charge in [0.1, 0.15) is 0 Å². The summed E-state index contributed by atoms with van der Waals surface area (Å²) < 4.78 is 0. The highest BCUT2D eigenvalue weighted by Gasteiger charge is 2.48. The fourth-order valence-electron chi connectivity index (χ4n) is 4.27. The highest BCUT2D eigenvalue weighted by atomic mass is 16.3. The number of rotatable bonds is 4. The van der Waals surface area contributed by atoms with E-state index in [-0.39, 0.29) is 23.8 Å². The molecule has 0 aromatic carbocycles. The molecule has 3 N–H and O–H groups in total. The maximum Gasteiger partial charge on any atom is 0.228 e. The largest absolute Gasteiger partial charge is 0.393 e. The lowest BCUT2D eigenvalue weighted by molar-refractivity contribution is -0.145. The van der Waals surface area contributed by atoms with Crippen molar-refractivity contribution in [2.45, 2.75) is 57.7 Å². The van der Waals surface area contributed by atoms with Gasteiger partial charge in [-0.2, -0.15) is 0 Å². The Morgan fingerprint density at radius 1 is 1.35 bits per heavy atom. The van der Waals surface area contributed by atoms with Gasteiger partial charge in [-0.15, -0.1) is 0 Å². The molecule has 0 aromatic rings. The van der Waals surface area contributed by atoms with Crippen LogP contribution < -0.4 is 10.6 Å². The minimum Gasteiger partial charge on any atom is -0.393 e. The van der Waals surface area contributed by atoms with Gasteiger partial charge in [-0.3, -0.25) is 9.59 Å². The zero-order chi connectivity index (χ0) is 14.4. The zero-order valence-corrected chi connectivity index (χ0v) is 12.1. The van der Waals surface area contributed by atoms with E-state index in [1.54, 1.807) is 6.92 Å². The molecular weight excluding hydrogens is 256 g/mol. The fraction of sp³-hybridized carbons (Fsp3) is 0.867. The third kappa shape index (κ3) is 2.22. The SMILES string of the molecule is CC(C(=O)N[C@H]1C[C@@H]2CC[C@H]1C2)[C@H]1NC(=O)[C@@H]1C(C)O. The van der Waals surface area contributed by atoms with Crippen LogP contribution >= 0.6 is 0 Å². The number of carbonyl (C=O) groups excluding carboxylic acids is 2. The molecule has 2 amide bonds. The van der Waals surface area contributed by atoms with Gasteiger partial charge in [-0.1, -0.05) is 13.3 Å². The molecule has 1 saturated heterocycles. The van der Waals surface area contributed by atoms with Gasteiger partial charge >= 0.3 is 0 Å². The molecule has 2 aliphatic carbocycles. The Morgan fingerprint density at radius 3 is 2.60 bits per heavy atom. The van der Waals surface area contributed by atoms with Crippen LogP contribution in [0.5, 0.6) is 0 Å². The maximum atomic E-state index is 12.3. The molecule has 20 heavy (non-hydrogen) atoms. The lowest BCUT2D eigenvalue weighted by atomic mass is 9.78. The summed E-state index contributed by atoms with van der Waals surface area (Å²) in [6.45, 7) is 3.44. The highest BCUT2D eigenvalue weighted by molar-refractivity contribution is 5.90. The van der Waals surface area contributed by atoms with Crippen LogP contribution in [0.25, 0.3) is 0 Å². The third-order valence-corrected chi connectivity index (χ3v) is 5.54. The molecule has 0 radical (unpaired) electrons. The fourth-order valence-corrected chi connectivity index (χ4v) is 4.27. The van der Waals surface area contributed by atoms with Crippen molar-refractivity contribution in [3.8, 4) is 0 Å². The summed E-state index contributed by atoms with van der Waals surface area (Å²) >= 11 is 0. The second kappa shape index (κ2) is 5.02. The highest BCUT2D eigenvalue weighted by Crippen LogP contribution is 2.44. The predicted octanol–water partition coefficient (Wildman–Crippen LogP) is 0.423. The average Bonchev–Trinajstić information content (AvgIpc) is 2.96. The van der Waals surface area contributed by atoms with E-state index in [1.165, 1.54) is 19.3 Å². The summed E-state index contributed by atoms with van der Waals surface area (Å²) in [6.07, 6.45) is 4.22. The Kier molecular flexibility index (Phi) is 3.48. The molecule has 3 fully saturated rings. The van der Waals surface area contributed by atoms with Gasteiger partial charge in [0.25, 0.3) is 0 Å². The van der Waals surface area contributed by atoms with Crippen LogP contribution in [-0.2, 0) is 9.59 Å². The zero-order valence-electron chi connectivity index (χ0n) is 12.1. The Morgan fingerprint density at radius 2 is 2.10 bits per heavy atom. The minimum atomic E-state index is -0.702. The Hall–Kier alpha value is -1.10. The molecule has 1 aliphatic heterocycles. The Balaban J connectivity index is 1.56. The number of hydrogen-bond donors (Lipinski definition) is 3. The number of fused-ring (bicyclic) bond motifs is 2. The van der Waals surface area contributed by atoms with Crippen molar-refractivity contribution in [1.82, 2.24) is 10.6 Å². The van der Waals surface area contributed by atoms with Gasteiger partial charge in [0.05, 0.1) is 24.0 Å². The summed E-state index contributed by atoms with van der Waals surface area (Å²) in [5.74, 6) is 0.582. The number of aliphatic hydroxyl groups is 1. The Bertz CT molecular complexity index is 423. The van der Waals surface area contributed by atoms with Crippen molar-refractivity contribution in [2.75, 3.05) is 0 Å². The molecule has 5 heteroatoms. The predicted molar refractivity (Wildman–Crippen MR) is 73.6 cm³/mol. The van der Waals surface area contributed by atoms with E-state index in [1.807, 2.05) is 6.92 Å². The first-order valence-electron chi connectivity index (χ1n) is 7.76. The summed E-state index contributed by atoms with van der Waals surface area (Å²) in [5, 5.41) is 15.5. The number of β-lactam (4-membered cyclic amide) rings is 1. The first-order chi connectivity index (χ1) is 9.47. The first-order valence-corrected chi connectivity index (χ1v) is 7.76. The molecule has 7 atom stereocenters. The number of amides is 2. The molecular formula is C15H24N2O3. The Labute approximate surface area is 119 Å². The van der Waals surface area contributed by atoms with Crippen LogP contribution in [0.2, 0.25) is 0 Å². The van der Waals surface area contributed by atoms with Crippen molar-refractivity contribution < 1.29 is 14.7 Å². The minimum absolute atomic E-state index is 0.0122. The lowest BCUT2D eigenvalue weighted by Gasteiger charge is -2.41. The molecule has 2 unspecified atom stereocenters. The van der Waals surface area contributed by atoms with Crippen LogP contribution in [0.3, 0.4) is 0 Å². The average molecular weight is 280 g/mol. The van der Waals surface area contributed by atoms with Crippen molar-refractivity contribution in [1.29, 1.82) is 0 Å². The number of carbonyl (C=O) groups is 2. The van der Waals surface area contributed by atoms with E-state index in [2.05, 4.69) is 10.6 Å².